The van der Waals surface area contributed by atoms with Crippen molar-refractivity contribution in [3.05, 3.63) is 75.2 Å². The van der Waals surface area contributed by atoms with Crippen LogP contribution >= 0.6 is 27.5 Å². The van der Waals surface area contributed by atoms with Gasteiger partial charge in [0.15, 0.2) is 18.1 Å². The van der Waals surface area contributed by atoms with Crippen molar-refractivity contribution in [3.63, 3.8) is 0 Å². The second kappa shape index (κ2) is 12.5. The number of carbonyl (C=O) groups is 1. The minimum Gasteiger partial charge on any atom is -0.494 e. The number of carbonyl (C=O) groups excluding carboxylic acids is 1. The highest BCUT2D eigenvalue weighted by atomic mass is 79.9. The third-order valence-electron chi connectivity index (χ3n) is 4.83. The number of hydrogen-bond donors (Lipinski definition) is 2. The Morgan fingerprint density at radius 2 is 1.65 bits per heavy atom. The molecule has 0 aromatic heterocycles. The molecular formula is C26H28BrClN2O4. The fourth-order valence-corrected chi connectivity index (χ4v) is 3.96. The second-order valence-electron chi connectivity index (χ2n) is 7.45. The normalized spacial score (nSPS) is 10.5. The Morgan fingerprint density at radius 1 is 0.941 bits per heavy atom. The summed E-state index contributed by atoms with van der Waals surface area (Å²) in [5.41, 5.74) is 3.53. The molecule has 0 atom stereocenters. The lowest BCUT2D eigenvalue weighted by Crippen LogP contribution is -2.20. The molecule has 0 aliphatic heterocycles. The van der Waals surface area contributed by atoms with E-state index in [0.29, 0.717) is 46.4 Å². The number of ether oxygens (including phenoxy) is 3. The molecule has 0 saturated heterocycles. The van der Waals surface area contributed by atoms with Crippen LogP contribution in [0, 0.1) is 6.92 Å². The summed E-state index contributed by atoms with van der Waals surface area (Å²) in [6.45, 7) is 7.27. The van der Waals surface area contributed by atoms with Crippen LogP contribution in [0.15, 0.2) is 59.1 Å². The predicted octanol–water partition coefficient (Wildman–Crippen LogP) is 6.84. The van der Waals surface area contributed by atoms with Gasteiger partial charge in [-0.05, 0) is 96.4 Å². The minimum absolute atomic E-state index is 0.173. The van der Waals surface area contributed by atoms with Crippen LogP contribution in [0.4, 0.5) is 11.4 Å². The molecule has 8 heteroatoms. The Kier molecular flexibility index (Phi) is 9.48. The van der Waals surface area contributed by atoms with E-state index in [0.717, 1.165) is 22.6 Å². The molecule has 3 rings (SSSR count). The number of hydrogen-bond acceptors (Lipinski definition) is 5. The van der Waals surface area contributed by atoms with Crippen molar-refractivity contribution in [2.24, 2.45) is 0 Å². The lowest BCUT2D eigenvalue weighted by molar-refractivity contribution is -0.118. The summed E-state index contributed by atoms with van der Waals surface area (Å²) in [6, 6.07) is 17.0. The Hall–Kier alpha value is -2.90. The van der Waals surface area contributed by atoms with E-state index >= 15 is 0 Å². The van der Waals surface area contributed by atoms with Crippen LogP contribution in [0.5, 0.6) is 17.2 Å². The van der Waals surface area contributed by atoms with Crippen LogP contribution in [-0.2, 0) is 11.3 Å². The van der Waals surface area contributed by atoms with Crippen molar-refractivity contribution in [1.29, 1.82) is 0 Å². The van der Waals surface area contributed by atoms with Gasteiger partial charge in [0.1, 0.15) is 5.75 Å². The van der Waals surface area contributed by atoms with Gasteiger partial charge in [0.05, 0.1) is 17.7 Å². The summed E-state index contributed by atoms with van der Waals surface area (Å²) >= 11 is 9.69. The van der Waals surface area contributed by atoms with Gasteiger partial charge < -0.3 is 24.8 Å². The van der Waals surface area contributed by atoms with Crippen LogP contribution in [-0.4, -0.2) is 25.7 Å². The third kappa shape index (κ3) is 7.30. The lowest BCUT2D eigenvalue weighted by Gasteiger charge is -2.16. The molecule has 0 saturated carbocycles. The Bertz CT molecular complexity index is 1120. The molecular weight excluding hydrogens is 520 g/mol. The predicted molar refractivity (Wildman–Crippen MR) is 141 cm³/mol. The van der Waals surface area contributed by atoms with Crippen molar-refractivity contribution in [3.8, 4) is 17.2 Å². The van der Waals surface area contributed by atoms with Crippen LogP contribution in [0.2, 0.25) is 5.02 Å². The van der Waals surface area contributed by atoms with Crippen molar-refractivity contribution < 1.29 is 19.0 Å². The van der Waals surface area contributed by atoms with Gasteiger partial charge >= 0.3 is 0 Å². The van der Waals surface area contributed by atoms with Gasteiger partial charge in [0.25, 0.3) is 5.91 Å². The summed E-state index contributed by atoms with van der Waals surface area (Å²) in [5.74, 6) is 1.58. The standard InChI is InChI=1S/C26H28BrClN2O4/c1-4-32-21-10-8-19(9-11-21)29-15-18-12-22(27)26(24(13-18)33-5-2)34-16-25(31)30-20-7-6-17(3)23(28)14-20/h6-14,29H,4-5,15-16H2,1-3H3,(H,30,31). The fourth-order valence-electron chi connectivity index (χ4n) is 3.17. The molecule has 3 aromatic carbocycles. The van der Waals surface area contributed by atoms with Crippen molar-refractivity contribution in [1.82, 2.24) is 0 Å². The van der Waals surface area contributed by atoms with E-state index in [-0.39, 0.29) is 12.5 Å². The average molecular weight is 548 g/mol. The van der Waals surface area contributed by atoms with Gasteiger partial charge in [0, 0.05) is 22.9 Å². The van der Waals surface area contributed by atoms with E-state index in [2.05, 4.69) is 26.6 Å². The number of aryl methyl sites for hydroxylation is 1. The molecule has 0 heterocycles. The van der Waals surface area contributed by atoms with Crippen molar-refractivity contribution >= 4 is 44.8 Å². The van der Waals surface area contributed by atoms with E-state index < -0.39 is 0 Å². The lowest BCUT2D eigenvalue weighted by atomic mass is 10.2. The molecule has 1 amide bonds. The molecule has 34 heavy (non-hydrogen) atoms. The summed E-state index contributed by atoms with van der Waals surface area (Å²) in [5, 5.41) is 6.77. The molecule has 0 spiro atoms. The summed E-state index contributed by atoms with van der Waals surface area (Å²) in [6.07, 6.45) is 0. The quantitative estimate of drug-likeness (QED) is 0.275. The topological polar surface area (TPSA) is 68.8 Å². The van der Waals surface area contributed by atoms with E-state index in [1.54, 1.807) is 12.1 Å². The molecule has 0 fully saturated rings. The van der Waals surface area contributed by atoms with Gasteiger partial charge in [-0.25, -0.2) is 0 Å². The number of benzene rings is 3. The van der Waals surface area contributed by atoms with Crippen molar-refractivity contribution in [2.45, 2.75) is 27.3 Å². The van der Waals surface area contributed by atoms with Crippen molar-refractivity contribution in [2.75, 3.05) is 30.5 Å². The Balaban J connectivity index is 1.64. The summed E-state index contributed by atoms with van der Waals surface area (Å²) in [7, 11) is 0. The summed E-state index contributed by atoms with van der Waals surface area (Å²) < 4.78 is 17.8. The third-order valence-corrected chi connectivity index (χ3v) is 5.83. The maximum Gasteiger partial charge on any atom is 0.262 e. The van der Waals surface area contributed by atoms with Crippen LogP contribution < -0.4 is 24.8 Å². The molecule has 0 aliphatic carbocycles. The zero-order valence-corrected chi connectivity index (χ0v) is 21.8. The largest absolute Gasteiger partial charge is 0.494 e. The molecule has 3 aromatic rings. The first-order valence-corrected chi connectivity index (χ1v) is 12.2. The Morgan fingerprint density at radius 3 is 2.32 bits per heavy atom. The molecule has 6 nitrogen and oxygen atoms in total. The monoisotopic (exact) mass is 546 g/mol. The second-order valence-corrected chi connectivity index (χ2v) is 8.71. The highest BCUT2D eigenvalue weighted by molar-refractivity contribution is 9.10. The molecule has 0 aliphatic rings. The first-order chi connectivity index (χ1) is 16.4. The first kappa shape index (κ1) is 25.7. The van der Waals surface area contributed by atoms with Crippen LogP contribution in [0.1, 0.15) is 25.0 Å². The zero-order chi connectivity index (χ0) is 24.5. The number of anilines is 2. The van der Waals surface area contributed by atoms with Gasteiger partial charge in [-0.1, -0.05) is 17.7 Å². The fraction of sp³-hybridized carbons (Fsp3) is 0.269. The molecule has 0 unspecified atom stereocenters. The maximum absolute atomic E-state index is 12.4. The smallest absolute Gasteiger partial charge is 0.262 e. The number of rotatable bonds is 11. The molecule has 180 valence electrons. The molecule has 0 bridgehead atoms. The number of halogens is 2. The Labute approximate surface area is 213 Å². The van der Waals surface area contributed by atoms with Gasteiger partial charge in [0.2, 0.25) is 0 Å². The maximum atomic E-state index is 12.4. The SMILES string of the molecule is CCOc1ccc(NCc2cc(Br)c(OCC(=O)Nc3ccc(C)c(Cl)c3)c(OCC)c2)cc1. The van der Waals surface area contributed by atoms with E-state index in [1.165, 1.54) is 0 Å². The van der Waals surface area contributed by atoms with Gasteiger partial charge in [-0.2, -0.15) is 0 Å². The summed E-state index contributed by atoms with van der Waals surface area (Å²) in [4.78, 5) is 12.4. The van der Waals surface area contributed by atoms with E-state index in [4.69, 9.17) is 25.8 Å². The molecule has 0 radical (unpaired) electrons. The number of amides is 1. The van der Waals surface area contributed by atoms with E-state index in [1.807, 2.05) is 63.2 Å². The minimum atomic E-state index is -0.296. The number of nitrogens with one attached hydrogen (secondary N) is 2. The highest BCUT2D eigenvalue weighted by Gasteiger charge is 2.15. The average Bonchev–Trinajstić information content (AvgIpc) is 2.81. The molecule has 2 N–H and O–H groups in total. The van der Waals surface area contributed by atoms with Crippen LogP contribution in [0.3, 0.4) is 0 Å². The first-order valence-electron chi connectivity index (χ1n) is 11.0. The van der Waals surface area contributed by atoms with E-state index in [9.17, 15) is 4.79 Å². The zero-order valence-electron chi connectivity index (χ0n) is 19.4. The van der Waals surface area contributed by atoms with Gasteiger partial charge in [-0.15, -0.1) is 0 Å². The highest BCUT2D eigenvalue weighted by Crippen LogP contribution is 2.37. The van der Waals surface area contributed by atoms with Crippen LogP contribution in [0.25, 0.3) is 0 Å². The van der Waals surface area contributed by atoms with Gasteiger partial charge in [-0.3, -0.25) is 4.79 Å².